The first-order chi connectivity index (χ1) is 8.06. The summed E-state index contributed by atoms with van der Waals surface area (Å²) in [6, 6.07) is 2.13. The zero-order chi connectivity index (χ0) is 12.6. The van der Waals surface area contributed by atoms with Gasteiger partial charge in [0, 0.05) is 5.56 Å². The van der Waals surface area contributed by atoms with Gasteiger partial charge in [0.05, 0.1) is 24.7 Å². The fraction of sp³-hybridized carbons (Fsp3) is 0.308. The van der Waals surface area contributed by atoms with E-state index in [1.165, 1.54) is 5.56 Å². The van der Waals surface area contributed by atoms with Gasteiger partial charge >= 0.3 is 0 Å². The van der Waals surface area contributed by atoms with Gasteiger partial charge in [0.1, 0.15) is 5.75 Å². The van der Waals surface area contributed by atoms with E-state index in [0.717, 1.165) is 28.1 Å². The average molecular weight is 231 g/mol. The number of H-pyrrole nitrogens is 1. The van der Waals surface area contributed by atoms with E-state index in [1.807, 2.05) is 13.8 Å². The van der Waals surface area contributed by atoms with Gasteiger partial charge in [-0.2, -0.15) is 5.10 Å². The van der Waals surface area contributed by atoms with Gasteiger partial charge in [-0.25, -0.2) is 0 Å². The molecule has 0 aliphatic heterocycles. The maximum absolute atomic E-state index is 5.90. The summed E-state index contributed by atoms with van der Waals surface area (Å²) in [5.41, 5.74) is 11.8. The van der Waals surface area contributed by atoms with Crippen molar-refractivity contribution in [2.75, 3.05) is 12.8 Å². The van der Waals surface area contributed by atoms with Crippen LogP contribution in [0, 0.1) is 20.8 Å². The summed E-state index contributed by atoms with van der Waals surface area (Å²) in [7, 11) is 1.68. The van der Waals surface area contributed by atoms with Crippen molar-refractivity contribution in [3.63, 3.8) is 0 Å². The third-order valence-electron chi connectivity index (χ3n) is 3.11. The molecular weight excluding hydrogens is 214 g/mol. The number of aromatic amines is 1. The van der Waals surface area contributed by atoms with E-state index in [1.54, 1.807) is 13.3 Å². The van der Waals surface area contributed by atoms with E-state index in [2.05, 4.69) is 23.2 Å². The second-order valence-corrected chi connectivity index (χ2v) is 4.24. The second kappa shape index (κ2) is 4.13. The van der Waals surface area contributed by atoms with Gasteiger partial charge in [0.2, 0.25) is 0 Å². The fourth-order valence-electron chi connectivity index (χ4n) is 2.11. The number of rotatable bonds is 2. The summed E-state index contributed by atoms with van der Waals surface area (Å²) in [4.78, 5) is 0. The number of nitrogens with zero attached hydrogens (tertiary/aromatic N) is 1. The van der Waals surface area contributed by atoms with Crippen LogP contribution < -0.4 is 10.5 Å². The zero-order valence-corrected chi connectivity index (χ0v) is 10.6. The minimum absolute atomic E-state index is 0.634. The highest BCUT2D eigenvalue weighted by atomic mass is 16.5. The average Bonchev–Trinajstić information content (AvgIpc) is 2.69. The minimum atomic E-state index is 0.634. The van der Waals surface area contributed by atoms with E-state index in [-0.39, 0.29) is 0 Å². The van der Waals surface area contributed by atoms with Crippen LogP contribution in [-0.2, 0) is 0 Å². The molecular formula is C13H17N3O. The standard InChI is InChI=1S/C13H17N3O/c1-7-5-8(2)11(13(17-4)9(7)3)12-10(14)6-15-16-12/h5-6H,14H2,1-4H3,(H,15,16). The molecule has 0 aliphatic rings. The molecule has 2 rings (SSSR count). The third-order valence-corrected chi connectivity index (χ3v) is 3.11. The number of ether oxygens (including phenoxy) is 1. The van der Waals surface area contributed by atoms with Crippen LogP contribution >= 0.6 is 0 Å². The molecule has 2 aromatic rings. The molecule has 0 unspecified atom stereocenters. The Labute approximate surface area is 101 Å². The number of aromatic nitrogens is 2. The van der Waals surface area contributed by atoms with Gasteiger partial charge in [-0.05, 0) is 37.5 Å². The van der Waals surface area contributed by atoms with E-state index >= 15 is 0 Å². The Bertz CT molecular complexity index is 558. The highest BCUT2D eigenvalue weighted by molar-refractivity contribution is 5.81. The van der Waals surface area contributed by atoms with Crippen LogP contribution in [0.25, 0.3) is 11.3 Å². The predicted octanol–water partition coefficient (Wildman–Crippen LogP) is 2.59. The smallest absolute Gasteiger partial charge is 0.131 e. The van der Waals surface area contributed by atoms with Crippen LogP contribution in [0.4, 0.5) is 5.69 Å². The number of nitrogens with two attached hydrogens (primary N) is 1. The number of hydrogen-bond acceptors (Lipinski definition) is 3. The van der Waals surface area contributed by atoms with Crippen LogP contribution in [0.15, 0.2) is 12.3 Å². The lowest BCUT2D eigenvalue weighted by Gasteiger charge is -2.16. The molecule has 3 N–H and O–H groups in total. The van der Waals surface area contributed by atoms with Crippen molar-refractivity contribution in [1.82, 2.24) is 10.2 Å². The van der Waals surface area contributed by atoms with Crippen LogP contribution in [-0.4, -0.2) is 17.3 Å². The molecule has 90 valence electrons. The highest BCUT2D eigenvalue weighted by Gasteiger charge is 2.17. The first-order valence-corrected chi connectivity index (χ1v) is 5.50. The number of nitrogen functional groups attached to an aromatic ring is 1. The Kier molecular flexibility index (Phi) is 2.79. The van der Waals surface area contributed by atoms with Gasteiger partial charge in [-0.15, -0.1) is 0 Å². The molecule has 0 atom stereocenters. The van der Waals surface area contributed by atoms with Gasteiger partial charge in [0.15, 0.2) is 0 Å². The fourth-order valence-corrected chi connectivity index (χ4v) is 2.11. The monoisotopic (exact) mass is 231 g/mol. The molecule has 4 nitrogen and oxygen atoms in total. The van der Waals surface area contributed by atoms with Crippen molar-refractivity contribution in [1.29, 1.82) is 0 Å². The Hall–Kier alpha value is -1.97. The molecule has 0 amide bonds. The van der Waals surface area contributed by atoms with Crippen LogP contribution in [0.3, 0.4) is 0 Å². The normalized spacial score (nSPS) is 10.6. The third kappa shape index (κ3) is 1.75. The SMILES string of the molecule is COc1c(C)c(C)cc(C)c1-c1[nH]ncc1N. The molecule has 17 heavy (non-hydrogen) atoms. The summed E-state index contributed by atoms with van der Waals surface area (Å²) in [5, 5.41) is 6.89. The lowest BCUT2D eigenvalue weighted by atomic mass is 9.96. The molecule has 0 aliphatic carbocycles. The van der Waals surface area contributed by atoms with Crippen molar-refractivity contribution in [3.8, 4) is 17.0 Å². The lowest BCUT2D eigenvalue weighted by Crippen LogP contribution is -1.98. The first kappa shape index (κ1) is 11.5. The van der Waals surface area contributed by atoms with E-state index < -0.39 is 0 Å². The van der Waals surface area contributed by atoms with Gasteiger partial charge in [0.25, 0.3) is 0 Å². The topological polar surface area (TPSA) is 63.9 Å². The van der Waals surface area contributed by atoms with Crippen molar-refractivity contribution >= 4 is 5.69 Å². The molecule has 4 heteroatoms. The van der Waals surface area contributed by atoms with Gasteiger partial charge < -0.3 is 10.5 Å². The summed E-state index contributed by atoms with van der Waals surface area (Å²) in [6.07, 6.45) is 1.61. The predicted molar refractivity (Wildman–Crippen MR) is 69.2 cm³/mol. The van der Waals surface area contributed by atoms with Crippen LogP contribution in [0.5, 0.6) is 5.75 Å². The molecule has 1 aromatic carbocycles. The summed E-state index contributed by atoms with van der Waals surface area (Å²) in [5.74, 6) is 0.860. The van der Waals surface area contributed by atoms with Crippen molar-refractivity contribution in [3.05, 3.63) is 29.0 Å². The van der Waals surface area contributed by atoms with E-state index in [0.29, 0.717) is 5.69 Å². The molecule has 1 heterocycles. The summed E-state index contributed by atoms with van der Waals surface area (Å²) >= 11 is 0. The van der Waals surface area contributed by atoms with Crippen LogP contribution in [0.1, 0.15) is 16.7 Å². The molecule has 0 spiro atoms. The Morgan fingerprint density at radius 3 is 2.47 bits per heavy atom. The Balaban J connectivity index is 2.77. The molecule has 0 fully saturated rings. The maximum Gasteiger partial charge on any atom is 0.131 e. The summed E-state index contributed by atoms with van der Waals surface area (Å²) < 4.78 is 5.51. The highest BCUT2D eigenvalue weighted by Crippen LogP contribution is 2.38. The molecule has 0 bridgehead atoms. The number of methoxy groups -OCH3 is 1. The van der Waals surface area contributed by atoms with Gasteiger partial charge in [-0.1, -0.05) is 6.07 Å². The molecule has 0 saturated heterocycles. The van der Waals surface area contributed by atoms with E-state index in [4.69, 9.17) is 10.5 Å². The zero-order valence-electron chi connectivity index (χ0n) is 10.6. The largest absolute Gasteiger partial charge is 0.496 e. The number of hydrogen-bond donors (Lipinski definition) is 2. The number of benzene rings is 1. The number of aryl methyl sites for hydroxylation is 2. The number of nitrogens with one attached hydrogen (secondary N) is 1. The quantitative estimate of drug-likeness (QED) is 0.835. The van der Waals surface area contributed by atoms with Gasteiger partial charge in [-0.3, -0.25) is 5.10 Å². The minimum Gasteiger partial charge on any atom is -0.496 e. The molecule has 0 saturated carbocycles. The first-order valence-electron chi connectivity index (χ1n) is 5.50. The van der Waals surface area contributed by atoms with E-state index in [9.17, 15) is 0 Å². The van der Waals surface area contributed by atoms with Crippen LogP contribution in [0.2, 0.25) is 0 Å². The Morgan fingerprint density at radius 1 is 1.24 bits per heavy atom. The van der Waals surface area contributed by atoms with Crippen molar-refractivity contribution in [2.24, 2.45) is 0 Å². The maximum atomic E-state index is 5.90. The van der Waals surface area contributed by atoms with Crippen molar-refractivity contribution < 1.29 is 4.74 Å². The molecule has 0 radical (unpaired) electrons. The van der Waals surface area contributed by atoms with Crippen molar-refractivity contribution in [2.45, 2.75) is 20.8 Å². The lowest BCUT2D eigenvalue weighted by molar-refractivity contribution is 0.412. The summed E-state index contributed by atoms with van der Waals surface area (Å²) in [6.45, 7) is 6.17. The number of anilines is 1. The second-order valence-electron chi connectivity index (χ2n) is 4.24. The molecule has 1 aromatic heterocycles. The Morgan fingerprint density at radius 2 is 1.94 bits per heavy atom.